The van der Waals surface area contributed by atoms with E-state index in [1.807, 2.05) is 18.2 Å². The lowest BCUT2D eigenvalue weighted by Crippen LogP contribution is -2.48. The van der Waals surface area contributed by atoms with Crippen LogP contribution in [0.4, 0.5) is 0 Å². The summed E-state index contributed by atoms with van der Waals surface area (Å²) in [5.41, 5.74) is 1.36. The summed E-state index contributed by atoms with van der Waals surface area (Å²) in [7, 11) is 0. The maximum absolute atomic E-state index is 12.0. The van der Waals surface area contributed by atoms with Crippen LogP contribution in [-0.4, -0.2) is 59.7 Å². The maximum atomic E-state index is 12.0. The second kappa shape index (κ2) is 12.4. The van der Waals surface area contributed by atoms with Crippen LogP contribution >= 0.6 is 0 Å². The van der Waals surface area contributed by atoms with Gasteiger partial charge in [0.1, 0.15) is 6.61 Å². The van der Waals surface area contributed by atoms with E-state index in [2.05, 4.69) is 4.98 Å². The average Bonchev–Trinajstić information content (AvgIpc) is 3.15. The highest BCUT2D eigenvalue weighted by molar-refractivity contribution is 5.89. The molecule has 0 fully saturated rings. The Kier molecular flexibility index (Phi) is 9.56. The lowest BCUT2D eigenvalue weighted by atomic mass is 10.0. The fourth-order valence-corrected chi connectivity index (χ4v) is 3.30. The molecule has 0 aliphatic carbocycles. The summed E-state index contributed by atoms with van der Waals surface area (Å²) in [6.07, 6.45) is -1.40. The number of hydrogen-bond donors (Lipinski definition) is 1. The van der Waals surface area contributed by atoms with E-state index in [-0.39, 0.29) is 5.76 Å². The number of para-hydroxylation sites is 1. The molecule has 0 radical (unpaired) electrons. The molecule has 0 amide bonds. The number of fused-ring (bicyclic) bond motifs is 1. The lowest BCUT2D eigenvalue weighted by Gasteiger charge is -2.32. The number of aromatic amines is 1. The van der Waals surface area contributed by atoms with Crippen molar-refractivity contribution in [2.24, 2.45) is 0 Å². The van der Waals surface area contributed by atoms with Crippen molar-refractivity contribution >= 4 is 46.8 Å². The molecule has 11 nitrogen and oxygen atoms in total. The van der Waals surface area contributed by atoms with Crippen molar-refractivity contribution in [2.75, 3.05) is 6.61 Å². The third kappa shape index (κ3) is 8.29. The summed E-state index contributed by atoms with van der Waals surface area (Å²) < 4.78 is 26.3. The summed E-state index contributed by atoms with van der Waals surface area (Å²) >= 11 is 0. The number of carbonyl (C=O) groups is 5. The van der Waals surface area contributed by atoms with E-state index < -0.39 is 54.8 Å². The number of esters is 5. The number of carbonyl (C=O) groups excluding carboxylic acids is 5. The molecule has 1 heterocycles. The van der Waals surface area contributed by atoms with Gasteiger partial charge in [0.15, 0.2) is 24.1 Å². The number of ether oxygens (including phenoxy) is 5. The van der Waals surface area contributed by atoms with Gasteiger partial charge in [-0.25, -0.2) is 0 Å². The first-order valence-corrected chi connectivity index (χ1v) is 10.6. The van der Waals surface area contributed by atoms with Crippen LogP contribution in [0.5, 0.6) is 0 Å². The van der Waals surface area contributed by atoms with Gasteiger partial charge >= 0.3 is 29.8 Å². The van der Waals surface area contributed by atoms with Crippen LogP contribution in [0.1, 0.15) is 40.2 Å². The highest BCUT2D eigenvalue weighted by Gasteiger charge is 2.41. The Morgan fingerprint density at radius 3 is 2.03 bits per heavy atom. The molecule has 1 N–H and O–H groups in total. The van der Waals surface area contributed by atoms with Crippen LogP contribution in [0, 0.1) is 0 Å². The zero-order chi connectivity index (χ0) is 26.1. The van der Waals surface area contributed by atoms with Crippen LogP contribution in [0.25, 0.3) is 17.0 Å². The molecule has 1 aromatic heterocycles. The number of H-pyrrole nitrogens is 1. The number of hydrogen-bond acceptors (Lipinski definition) is 10. The summed E-state index contributed by atoms with van der Waals surface area (Å²) in [5, 5.41) is 0.763. The molecule has 0 saturated carbocycles. The first kappa shape index (κ1) is 27.1. The van der Waals surface area contributed by atoms with Gasteiger partial charge in [-0.3, -0.25) is 24.0 Å². The predicted octanol–water partition coefficient (Wildman–Crippen LogP) is 2.43. The Labute approximate surface area is 201 Å². The minimum Gasteiger partial charge on any atom is -0.462 e. The fraction of sp³-hybridized carbons (Fsp3) is 0.375. The molecule has 0 aliphatic rings. The molecular weight excluding hydrogens is 462 g/mol. The van der Waals surface area contributed by atoms with Crippen molar-refractivity contribution in [3.05, 3.63) is 41.8 Å². The van der Waals surface area contributed by atoms with Gasteiger partial charge in [0.25, 0.3) is 0 Å². The Balaban J connectivity index is 2.66. The third-order valence-corrected chi connectivity index (χ3v) is 4.49. The minimum absolute atomic E-state index is 0.205. The largest absolute Gasteiger partial charge is 0.462 e. The average molecular weight is 489 g/mol. The summed E-state index contributed by atoms with van der Waals surface area (Å²) in [4.78, 5) is 62.2. The second-order valence-corrected chi connectivity index (χ2v) is 7.48. The van der Waals surface area contributed by atoms with Gasteiger partial charge in [0.2, 0.25) is 0 Å². The maximum Gasteiger partial charge on any atom is 0.307 e. The van der Waals surface area contributed by atoms with Crippen molar-refractivity contribution in [1.82, 2.24) is 4.98 Å². The van der Waals surface area contributed by atoms with E-state index in [4.69, 9.17) is 23.7 Å². The number of benzene rings is 1. The first-order valence-electron chi connectivity index (χ1n) is 10.6. The number of nitrogens with one attached hydrogen (secondary N) is 1. The predicted molar refractivity (Wildman–Crippen MR) is 121 cm³/mol. The highest BCUT2D eigenvalue weighted by Crippen LogP contribution is 2.27. The van der Waals surface area contributed by atoms with E-state index in [9.17, 15) is 24.0 Å². The standard InChI is InChI=1S/C24H27NO10/c1-13(26)31-12-22(33-15(3)28)24(35-17(5)30)23(34-16(4)29)21(32-14(2)27)10-18-11-25-20-9-7-6-8-19(18)20/h6-11,22-25H,12H2,1-5H3/b21-10-/t22-,23+,24+/m0/s1. The zero-order valence-electron chi connectivity index (χ0n) is 20.0. The molecule has 188 valence electrons. The molecule has 2 aromatic rings. The molecular formula is C24H27NO10. The quantitative estimate of drug-likeness (QED) is 0.300. The van der Waals surface area contributed by atoms with Crippen molar-refractivity contribution < 1.29 is 47.7 Å². The first-order chi connectivity index (χ1) is 16.5. The van der Waals surface area contributed by atoms with Crippen molar-refractivity contribution in [1.29, 1.82) is 0 Å². The van der Waals surface area contributed by atoms with E-state index in [1.165, 1.54) is 6.08 Å². The molecule has 11 heteroatoms. The van der Waals surface area contributed by atoms with Crippen molar-refractivity contribution in [2.45, 2.75) is 52.9 Å². The van der Waals surface area contributed by atoms with Gasteiger partial charge in [-0.15, -0.1) is 0 Å². The van der Waals surface area contributed by atoms with E-state index in [0.717, 1.165) is 45.5 Å². The van der Waals surface area contributed by atoms with E-state index in [1.54, 1.807) is 12.3 Å². The lowest BCUT2D eigenvalue weighted by molar-refractivity contribution is -0.189. The van der Waals surface area contributed by atoms with Crippen LogP contribution in [-0.2, 0) is 47.7 Å². The Bertz CT molecular complexity index is 1130. The van der Waals surface area contributed by atoms with Gasteiger partial charge in [-0.2, -0.15) is 0 Å². The number of rotatable bonds is 10. The van der Waals surface area contributed by atoms with Gasteiger partial charge in [-0.1, -0.05) is 18.2 Å². The fourth-order valence-electron chi connectivity index (χ4n) is 3.30. The molecule has 0 aliphatic heterocycles. The molecule has 0 unspecified atom stereocenters. The topological polar surface area (TPSA) is 147 Å². The van der Waals surface area contributed by atoms with Crippen LogP contribution in [0.15, 0.2) is 36.2 Å². The van der Waals surface area contributed by atoms with Crippen molar-refractivity contribution in [3.8, 4) is 0 Å². The van der Waals surface area contributed by atoms with Gasteiger partial charge in [0, 0.05) is 57.3 Å². The molecule has 2 rings (SSSR count). The Morgan fingerprint density at radius 2 is 1.46 bits per heavy atom. The monoisotopic (exact) mass is 489 g/mol. The molecule has 1 aromatic carbocycles. The van der Waals surface area contributed by atoms with E-state index >= 15 is 0 Å². The number of aromatic nitrogens is 1. The Hall–Kier alpha value is -4.15. The zero-order valence-corrected chi connectivity index (χ0v) is 20.0. The van der Waals surface area contributed by atoms with Gasteiger partial charge in [0.05, 0.1) is 0 Å². The molecule has 3 atom stereocenters. The van der Waals surface area contributed by atoms with Crippen LogP contribution in [0.2, 0.25) is 0 Å². The Morgan fingerprint density at radius 1 is 0.829 bits per heavy atom. The minimum atomic E-state index is -1.55. The van der Waals surface area contributed by atoms with Crippen molar-refractivity contribution in [3.63, 3.8) is 0 Å². The summed E-state index contributed by atoms with van der Waals surface area (Å²) in [6, 6.07) is 7.28. The van der Waals surface area contributed by atoms with E-state index in [0.29, 0.717) is 5.56 Å². The normalized spacial score (nSPS) is 13.8. The smallest absolute Gasteiger partial charge is 0.307 e. The van der Waals surface area contributed by atoms with Gasteiger partial charge < -0.3 is 28.7 Å². The summed E-state index contributed by atoms with van der Waals surface area (Å²) in [6.45, 7) is 5.03. The second-order valence-electron chi connectivity index (χ2n) is 7.48. The molecule has 0 bridgehead atoms. The van der Waals surface area contributed by atoms with Crippen LogP contribution in [0.3, 0.4) is 0 Å². The highest BCUT2D eigenvalue weighted by atomic mass is 16.6. The molecule has 0 spiro atoms. The van der Waals surface area contributed by atoms with Crippen LogP contribution < -0.4 is 0 Å². The molecule has 0 saturated heterocycles. The SMILES string of the molecule is CC(=O)OC[C@H](OC(C)=O)[C@@H](OC(C)=O)[C@H](OC(C)=O)/C(=C/c1c[nH]c2ccccc12)OC(C)=O. The third-order valence-electron chi connectivity index (χ3n) is 4.49. The molecule has 35 heavy (non-hydrogen) atoms. The summed E-state index contributed by atoms with van der Waals surface area (Å²) in [5.74, 6) is -4.06. The van der Waals surface area contributed by atoms with Gasteiger partial charge in [-0.05, 0) is 12.1 Å².